The molecule has 0 saturated carbocycles. The molecule has 0 N–H and O–H groups in total. The molecule has 2 aromatic carbocycles. The van der Waals surface area contributed by atoms with E-state index in [9.17, 15) is 4.21 Å². The maximum atomic E-state index is 13.1. The van der Waals surface area contributed by atoms with Crippen molar-refractivity contribution in [2.75, 3.05) is 0 Å². The van der Waals surface area contributed by atoms with E-state index in [-0.39, 0.29) is 5.25 Å². The molecule has 1 aromatic heterocycles. The molecule has 0 fully saturated rings. The predicted octanol–water partition coefficient (Wildman–Crippen LogP) is 5.14. The minimum atomic E-state index is -1.10. The number of aromatic nitrogens is 1. The van der Waals surface area contributed by atoms with Crippen LogP contribution in [0.4, 0.5) is 0 Å². The lowest BCUT2D eigenvalue weighted by Crippen LogP contribution is -2.10. The minimum Gasteiger partial charge on any atom is -0.258 e. The highest BCUT2D eigenvalue weighted by Crippen LogP contribution is 2.32. The maximum absolute atomic E-state index is 13.1. The van der Waals surface area contributed by atoms with Gasteiger partial charge in [-0.25, -0.2) is 4.98 Å². The molecular weight excluding hydrogens is 346 g/mol. The summed E-state index contributed by atoms with van der Waals surface area (Å²) in [4.78, 5) is 5.21. The lowest BCUT2D eigenvalue weighted by atomic mass is 10.0. The van der Waals surface area contributed by atoms with Crippen LogP contribution in [0.15, 0.2) is 60.7 Å². The van der Waals surface area contributed by atoms with Crippen LogP contribution < -0.4 is 0 Å². The Kier molecular flexibility index (Phi) is 5.26. The van der Waals surface area contributed by atoms with Crippen molar-refractivity contribution in [3.05, 3.63) is 86.8 Å². The average molecular weight is 362 g/mol. The lowest BCUT2D eigenvalue weighted by molar-refractivity contribution is 0.678. The summed E-state index contributed by atoms with van der Waals surface area (Å²) < 4.78 is 13.6. The third-order valence-electron chi connectivity index (χ3n) is 3.61. The molecule has 118 valence electrons. The van der Waals surface area contributed by atoms with E-state index in [4.69, 9.17) is 11.6 Å². The van der Waals surface area contributed by atoms with E-state index in [1.165, 1.54) is 11.3 Å². The van der Waals surface area contributed by atoms with Crippen LogP contribution in [0.1, 0.15) is 26.9 Å². The smallest absolute Gasteiger partial charge is 0.184 e. The fourth-order valence-corrected chi connectivity index (χ4v) is 5.62. The van der Waals surface area contributed by atoms with Gasteiger partial charge in [-0.1, -0.05) is 72.3 Å². The van der Waals surface area contributed by atoms with Crippen LogP contribution in [0, 0.1) is 6.92 Å². The van der Waals surface area contributed by atoms with Gasteiger partial charge in [-0.05, 0) is 18.1 Å². The van der Waals surface area contributed by atoms with Crippen molar-refractivity contribution in [1.29, 1.82) is 0 Å². The Bertz CT molecular complexity index is 763. The van der Waals surface area contributed by atoms with Crippen LogP contribution in [0.3, 0.4) is 0 Å². The Morgan fingerprint density at radius 2 is 1.57 bits per heavy atom. The van der Waals surface area contributed by atoms with Gasteiger partial charge in [0.2, 0.25) is 0 Å². The first kappa shape index (κ1) is 16.4. The van der Waals surface area contributed by atoms with Gasteiger partial charge >= 0.3 is 0 Å². The van der Waals surface area contributed by atoms with Gasteiger partial charge in [0.05, 0.1) is 16.7 Å². The van der Waals surface area contributed by atoms with Gasteiger partial charge in [0.1, 0.15) is 0 Å². The SMILES string of the molecule is Cc1nc(Cl)sc1C[S@](=O)C(c1ccccc1)c1ccccc1. The van der Waals surface area contributed by atoms with Crippen molar-refractivity contribution in [3.8, 4) is 0 Å². The molecule has 0 aliphatic rings. The molecule has 0 aliphatic heterocycles. The van der Waals surface area contributed by atoms with Gasteiger partial charge < -0.3 is 0 Å². The van der Waals surface area contributed by atoms with Crippen molar-refractivity contribution in [2.45, 2.75) is 17.9 Å². The van der Waals surface area contributed by atoms with Gasteiger partial charge in [0.25, 0.3) is 0 Å². The Hall–Kier alpha value is -1.49. The maximum Gasteiger partial charge on any atom is 0.184 e. The number of benzene rings is 2. The number of rotatable bonds is 5. The van der Waals surface area contributed by atoms with Crippen molar-refractivity contribution in [1.82, 2.24) is 4.98 Å². The van der Waals surface area contributed by atoms with E-state index in [0.29, 0.717) is 10.2 Å². The van der Waals surface area contributed by atoms with Gasteiger partial charge in [0.15, 0.2) is 4.47 Å². The first-order chi connectivity index (χ1) is 11.1. The summed E-state index contributed by atoms with van der Waals surface area (Å²) >= 11 is 7.38. The van der Waals surface area contributed by atoms with Crippen LogP contribution in [-0.4, -0.2) is 9.19 Å². The Labute approximate surface area is 147 Å². The van der Waals surface area contributed by atoms with Crippen LogP contribution >= 0.6 is 22.9 Å². The summed E-state index contributed by atoms with van der Waals surface area (Å²) in [7, 11) is -1.10. The highest BCUT2D eigenvalue weighted by atomic mass is 35.5. The van der Waals surface area contributed by atoms with Crippen molar-refractivity contribution >= 4 is 33.7 Å². The van der Waals surface area contributed by atoms with Crippen LogP contribution in [0.2, 0.25) is 4.47 Å². The van der Waals surface area contributed by atoms with E-state index in [1.54, 1.807) is 0 Å². The summed E-state index contributed by atoms with van der Waals surface area (Å²) in [6, 6.07) is 20.0. The first-order valence-corrected chi connectivity index (χ1v) is 9.81. The molecule has 5 heteroatoms. The van der Waals surface area contributed by atoms with Gasteiger partial charge in [-0.15, -0.1) is 11.3 Å². The fourth-order valence-electron chi connectivity index (χ4n) is 2.49. The van der Waals surface area contributed by atoms with E-state index in [2.05, 4.69) is 4.98 Å². The summed E-state index contributed by atoms with van der Waals surface area (Å²) in [6.45, 7) is 1.91. The number of hydrogen-bond donors (Lipinski definition) is 0. The molecule has 3 rings (SSSR count). The summed E-state index contributed by atoms with van der Waals surface area (Å²) in [5.41, 5.74) is 2.99. The summed E-state index contributed by atoms with van der Waals surface area (Å²) in [5, 5.41) is -0.155. The van der Waals surface area contributed by atoms with Gasteiger partial charge in [-0.2, -0.15) is 0 Å². The molecule has 0 bridgehead atoms. The van der Waals surface area contributed by atoms with Gasteiger partial charge in [0, 0.05) is 15.7 Å². The molecular formula is C18H16ClNOS2. The van der Waals surface area contributed by atoms with Crippen molar-refractivity contribution in [3.63, 3.8) is 0 Å². The van der Waals surface area contributed by atoms with E-state index in [0.717, 1.165) is 21.7 Å². The highest BCUT2D eigenvalue weighted by molar-refractivity contribution is 7.84. The molecule has 0 spiro atoms. The number of hydrogen-bond acceptors (Lipinski definition) is 3. The standard InChI is InChI=1S/C18H16ClNOS2/c1-13-16(22-18(19)20-13)12-23(21)17(14-8-4-2-5-9-14)15-10-6-3-7-11-15/h2-11,17H,12H2,1H3/t23-/m0/s1. The Morgan fingerprint density at radius 3 is 2.00 bits per heavy atom. The first-order valence-electron chi connectivity index (χ1n) is 7.24. The van der Waals surface area contributed by atoms with E-state index >= 15 is 0 Å². The molecule has 0 unspecified atom stereocenters. The van der Waals surface area contributed by atoms with Crippen molar-refractivity contribution < 1.29 is 4.21 Å². The molecule has 2 nitrogen and oxygen atoms in total. The van der Waals surface area contributed by atoms with Gasteiger partial charge in [-0.3, -0.25) is 4.21 Å². The monoisotopic (exact) mass is 361 g/mol. The predicted molar refractivity (Wildman–Crippen MR) is 98.4 cm³/mol. The number of thiazole rings is 1. The molecule has 3 aromatic rings. The molecule has 1 heterocycles. The van der Waals surface area contributed by atoms with Crippen LogP contribution in [0.25, 0.3) is 0 Å². The molecule has 23 heavy (non-hydrogen) atoms. The van der Waals surface area contributed by atoms with E-state index < -0.39 is 10.8 Å². The average Bonchev–Trinajstić information content (AvgIpc) is 2.87. The summed E-state index contributed by atoms with van der Waals surface area (Å²) in [6.07, 6.45) is 0. The number of nitrogens with zero attached hydrogens (tertiary/aromatic N) is 1. The zero-order valence-corrected chi connectivity index (χ0v) is 15.0. The minimum absolute atomic E-state index is 0.155. The summed E-state index contributed by atoms with van der Waals surface area (Å²) in [5.74, 6) is 0.463. The second-order valence-electron chi connectivity index (χ2n) is 5.20. The highest BCUT2D eigenvalue weighted by Gasteiger charge is 2.22. The third kappa shape index (κ3) is 3.89. The third-order valence-corrected chi connectivity index (χ3v) is 6.70. The topological polar surface area (TPSA) is 30.0 Å². The zero-order valence-electron chi connectivity index (χ0n) is 12.6. The van der Waals surface area contributed by atoms with Crippen molar-refractivity contribution in [2.24, 2.45) is 0 Å². The molecule has 1 atom stereocenters. The molecule has 0 radical (unpaired) electrons. The quantitative estimate of drug-likeness (QED) is 0.629. The molecule has 0 saturated heterocycles. The number of halogens is 1. The second-order valence-corrected chi connectivity index (χ2v) is 8.39. The number of aryl methyl sites for hydroxylation is 1. The largest absolute Gasteiger partial charge is 0.258 e. The molecule has 0 aliphatic carbocycles. The Morgan fingerprint density at radius 1 is 1.04 bits per heavy atom. The second kappa shape index (κ2) is 7.39. The molecule has 0 amide bonds. The van der Waals surface area contributed by atoms with Crippen LogP contribution in [-0.2, 0) is 16.6 Å². The lowest BCUT2D eigenvalue weighted by Gasteiger charge is -2.17. The zero-order chi connectivity index (χ0) is 16.2. The normalized spacial score (nSPS) is 12.5. The Balaban J connectivity index is 1.95. The van der Waals surface area contributed by atoms with E-state index in [1.807, 2.05) is 67.6 Å². The fraction of sp³-hybridized carbons (Fsp3) is 0.167. The van der Waals surface area contributed by atoms with Crippen LogP contribution in [0.5, 0.6) is 0 Å².